The Hall–Kier alpha value is -1.81. The van der Waals surface area contributed by atoms with Gasteiger partial charge >= 0.3 is 0 Å². The summed E-state index contributed by atoms with van der Waals surface area (Å²) in [5.41, 5.74) is 3.48. The molecule has 8 heteroatoms. The summed E-state index contributed by atoms with van der Waals surface area (Å²) in [4.78, 5) is 4.77. The lowest BCUT2D eigenvalue weighted by Crippen LogP contribution is -2.38. The first kappa shape index (κ1) is 25.5. The summed E-state index contributed by atoms with van der Waals surface area (Å²) in [6, 6.07) is 6.33. The van der Waals surface area contributed by atoms with Crippen molar-refractivity contribution < 1.29 is 9.47 Å². The molecule has 2 heterocycles. The summed E-state index contributed by atoms with van der Waals surface area (Å²) in [5, 5.41) is 11.1. The third-order valence-corrected chi connectivity index (χ3v) is 5.09. The number of nitrogens with one attached hydrogen (secondary N) is 2. The number of aryl methyl sites for hydroxylation is 3. The van der Waals surface area contributed by atoms with Gasteiger partial charge in [-0.2, -0.15) is 5.10 Å². The van der Waals surface area contributed by atoms with Gasteiger partial charge in [0.2, 0.25) is 0 Å². The Morgan fingerprint density at radius 2 is 2.16 bits per heavy atom. The van der Waals surface area contributed by atoms with E-state index in [1.165, 1.54) is 11.1 Å². The van der Waals surface area contributed by atoms with E-state index in [1.54, 1.807) is 0 Å². The minimum absolute atomic E-state index is 0. The Kier molecular flexibility index (Phi) is 11.1. The van der Waals surface area contributed by atoms with E-state index in [0.29, 0.717) is 19.1 Å². The fraction of sp³-hybridized carbons (Fsp3) is 0.565. The lowest BCUT2D eigenvalue weighted by Gasteiger charge is -2.15. The van der Waals surface area contributed by atoms with Crippen LogP contribution in [0.2, 0.25) is 0 Å². The van der Waals surface area contributed by atoms with Crippen molar-refractivity contribution in [2.45, 2.75) is 46.7 Å². The molecule has 0 radical (unpaired) electrons. The van der Waals surface area contributed by atoms with Crippen LogP contribution in [0.4, 0.5) is 0 Å². The molecule has 1 aliphatic heterocycles. The molecule has 0 saturated carbocycles. The third-order valence-electron chi connectivity index (χ3n) is 5.09. The molecule has 3 rings (SSSR count). The highest BCUT2D eigenvalue weighted by Crippen LogP contribution is 2.23. The molecule has 1 atom stereocenters. The maximum atomic E-state index is 6.14. The molecule has 1 fully saturated rings. The van der Waals surface area contributed by atoms with E-state index < -0.39 is 0 Å². The maximum absolute atomic E-state index is 6.14. The molecule has 1 unspecified atom stereocenters. The fourth-order valence-electron chi connectivity index (χ4n) is 3.39. The summed E-state index contributed by atoms with van der Waals surface area (Å²) in [5.74, 6) is 2.24. The van der Waals surface area contributed by atoms with E-state index in [1.807, 2.05) is 10.9 Å². The van der Waals surface area contributed by atoms with Crippen molar-refractivity contribution in [1.82, 2.24) is 20.4 Å². The second-order valence-electron chi connectivity index (χ2n) is 7.91. The predicted octanol–water partition coefficient (Wildman–Crippen LogP) is 3.68. The number of rotatable bonds is 10. The molecule has 0 aliphatic carbocycles. The van der Waals surface area contributed by atoms with Gasteiger partial charge in [0.15, 0.2) is 5.96 Å². The number of guanidine groups is 1. The Labute approximate surface area is 203 Å². The molecule has 31 heavy (non-hydrogen) atoms. The zero-order chi connectivity index (χ0) is 21.2. The van der Waals surface area contributed by atoms with Gasteiger partial charge < -0.3 is 20.1 Å². The quantitative estimate of drug-likeness (QED) is 0.208. The SMILES string of the molecule is CCNC(=NCc1ccc(C)cc1OCC1CCOC1)NCCCn1cc(C)cn1.I. The van der Waals surface area contributed by atoms with Gasteiger partial charge in [-0.05, 0) is 50.8 Å². The first-order valence-corrected chi connectivity index (χ1v) is 11.0. The van der Waals surface area contributed by atoms with Gasteiger partial charge in [0, 0.05) is 43.9 Å². The van der Waals surface area contributed by atoms with E-state index in [0.717, 1.165) is 63.0 Å². The summed E-state index contributed by atoms with van der Waals surface area (Å²) < 4.78 is 13.6. The Morgan fingerprint density at radius 3 is 2.87 bits per heavy atom. The molecule has 0 amide bonds. The van der Waals surface area contributed by atoms with Crippen LogP contribution in [0.1, 0.15) is 36.5 Å². The smallest absolute Gasteiger partial charge is 0.191 e. The number of aliphatic imine (C=N–C) groups is 1. The number of aromatic nitrogens is 2. The minimum atomic E-state index is 0. The molecule has 0 spiro atoms. The van der Waals surface area contributed by atoms with Crippen LogP contribution in [-0.2, 0) is 17.8 Å². The minimum Gasteiger partial charge on any atom is -0.493 e. The summed E-state index contributed by atoms with van der Waals surface area (Å²) >= 11 is 0. The van der Waals surface area contributed by atoms with Crippen LogP contribution in [0, 0.1) is 19.8 Å². The average molecular weight is 541 g/mol. The predicted molar refractivity (Wildman–Crippen MR) is 135 cm³/mol. The second kappa shape index (κ2) is 13.6. The molecule has 7 nitrogen and oxygen atoms in total. The molecule has 1 aromatic carbocycles. The number of nitrogens with zero attached hydrogens (tertiary/aromatic N) is 3. The fourth-order valence-corrected chi connectivity index (χ4v) is 3.39. The van der Waals surface area contributed by atoms with Crippen molar-refractivity contribution in [3.05, 3.63) is 47.3 Å². The van der Waals surface area contributed by atoms with E-state index in [-0.39, 0.29) is 24.0 Å². The topological polar surface area (TPSA) is 72.7 Å². The van der Waals surface area contributed by atoms with Crippen LogP contribution in [0.5, 0.6) is 5.75 Å². The number of benzene rings is 1. The first-order valence-electron chi connectivity index (χ1n) is 11.0. The number of halogens is 1. The van der Waals surface area contributed by atoms with Crippen LogP contribution < -0.4 is 15.4 Å². The van der Waals surface area contributed by atoms with Crippen LogP contribution in [0.15, 0.2) is 35.6 Å². The number of hydrogen-bond acceptors (Lipinski definition) is 4. The van der Waals surface area contributed by atoms with Crippen LogP contribution >= 0.6 is 24.0 Å². The monoisotopic (exact) mass is 541 g/mol. The molecule has 1 aliphatic rings. The van der Waals surface area contributed by atoms with Gasteiger partial charge in [0.05, 0.1) is 26.0 Å². The van der Waals surface area contributed by atoms with Crippen molar-refractivity contribution in [1.29, 1.82) is 0 Å². The van der Waals surface area contributed by atoms with Gasteiger partial charge in [-0.25, -0.2) is 4.99 Å². The summed E-state index contributed by atoms with van der Waals surface area (Å²) in [6.45, 7) is 11.7. The van der Waals surface area contributed by atoms with Crippen LogP contribution in [0.3, 0.4) is 0 Å². The zero-order valence-electron chi connectivity index (χ0n) is 18.9. The molecule has 1 aromatic heterocycles. The Balaban J connectivity index is 0.00000341. The highest BCUT2D eigenvalue weighted by molar-refractivity contribution is 14.0. The normalized spacial score (nSPS) is 16.1. The van der Waals surface area contributed by atoms with E-state index in [4.69, 9.17) is 14.5 Å². The largest absolute Gasteiger partial charge is 0.493 e. The van der Waals surface area contributed by atoms with Crippen molar-refractivity contribution in [3.63, 3.8) is 0 Å². The molecular formula is C23H36IN5O2. The zero-order valence-corrected chi connectivity index (χ0v) is 21.2. The average Bonchev–Trinajstić information content (AvgIpc) is 3.40. The summed E-state index contributed by atoms with van der Waals surface area (Å²) in [6.07, 6.45) is 6.01. The highest BCUT2D eigenvalue weighted by Gasteiger charge is 2.17. The van der Waals surface area contributed by atoms with Crippen molar-refractivity contribution in [2.75, 3.05) is 32.9 Å². The number of ether oxygens (including phenoxy) is 2. The Morgan fingerprint density at radius 1 is 1.29 bits per heavy atom. The molecule has 0 bridgehead atoms. The summed E-state index contributed by atoms with van der Waals surface area (Å²) in [7, 11) is 0. The molecular weight excluding hydrogens is 505 g/mol. The molecule has 172 valence electrons. The van der Waals surface area contributed by atoms with Crippen molar-refractivity contribution in [3.8, 4) is 5.75 Å². The standard InChI is InChI=1S/C23H35N5O2.HI/c1-4-24-23(25-9-5-10-28-15-19(3)13-27-28)26-14-21-7-6-18(2)12-22(21)30-17-20-8-11-29-16-20;/h6-7,12-13,15,20H,4-5,8-11,14,16-17H2,1-3H3,(H2,24,25,26);1H. The first-order chi connectivity index (χ1) is 14.6. The van der Waals surface area contributed by atoms with Crippen molar-refractivity contribution >= 4 is 29.9 Å². The van der Waals surface area contributed by atoms with Crippen molar-refractivity contribution in [2.24, 2.45) is 10.9 Å². The van der Waals surface area contributed by atoms with Gasteiger partial charge in [-0.15, -0.1) is 24.0 Å². The van der Waals surface area contributed by atoms with Gasteiger partial charge in [-0.3, -0.25) is 4.68 Å². The lowest BCUT2D eigenvalue weighted by atomic mass is 10.1. The number of hydrogen-bond donors (Lipinski definition) is 2. The lowest BCUT2D eigenvalue weighted by molar-refractivity contribution is 0.166. The molecule has 2 aromatic rings. The van der Waals surface area contributed by atoms with Crippen LogP contribution in [0.25, 0.3) is 0 Å². The highest BCUT2D eigenvalue weighted by atomic mass is 127. The molecule has 2 N–H and O–H groups in total. The van der Waals surface area contributed by atoms with E-state index in [2.05, 4.69) is 60.9 Å². The maximum Gasteiger partial charge on any atom is 0.191 e. The van der Waals surface area contributed by atoms with E-state index >= 15 is 0 Å². The van der Waals surface area contributed by atoms with Gasteiger partial charge in [0.25, 0.3) is 0 Å². The van der Waals surface area contributed by atoms with Gasteiger partial charge in [-0.1, -0.05) is 12.1 Å². The van der Waals surface area contributed by atoms with Gasteiger partial charge in [0.1, 0.15) is 5.75 Å². The molecule has 1 saturated heterocycles. The second-order valence-corrected chi connectivity index (χ2v) is 7.91. The Bertz CT molecular complexity index is 818. The third kappa shape index (κ3) is 8.68. The van der Waals surface area contributed by atoms with E-state index in [9.17, 15) is 0 Å². The van der Waals surface area contributed by atoms with Crippen LogP contribution in [-0.4, -0.2) is 48.7 Å².